The fourth-order valence-corrected chi connectivity index (χ4v) is 1.68. The van der Waals surface area contributed by atoms with E-state index in [-0.39, 0.29) is 5.91 Å². The number of carbonyl (C=O) groups excluding carboxylic acids is 1. The number of nitrogens with zero attached hydrogens (tertiary/aromatic N) is 1. The molecule has 0 bridgehead atoms. The number of halogens is 1. The SMILES string of the molecule is CC(C)N(CCNC(=O)CBr)C(C)C. The van der Waals surface area contributed by atoms with E-state index in [0.717, 1.165) is 13.1 Å². The Bertz CT molecular complexity index is 164. The lowest BCUT2D eigenvalue weighted by molar-refractivity contribution is -0.118. The first-order chi connectivity index (χ1) is 6.49. The van der Waals surface area contributed by atoms with Crippen LogP contribution >= 0.6 is 15.9 Å². The molecule has 0 unspecified atom stereocenters. The van der Waals surface area contributed by atoms with Crippen molar-refractivity contribution in [2.45, 2.75) is 39.8 Å². The molecule has 0 aromatic rings. The van der Waals surface area contributed by atoms with Crippen molar-refractivity contribution in [2.24, 2.45) is 0 Å². The van der Waals surface area contributed by atoms with Crippen LogP contribution in [-0.4, -0.2) is 41.3 Å². The molecule has 0 aromatic carbocycles. The molecular weight excluding hydrogens is 244 g/mol. The third-order valence-corrected chi connectivity index (χ3v) is 2.65. The van der Waals surface area contributed by atoms with E-state index in [2.05, 4.69) is 53.8 Å². The zero-order chi connectivity index (χ0) is 11.1. The van der Waals surface area contributed by atoms with Gasteiger partial charge in [0.2, 0.25) is 5.91 Å². The fourth-order valence-electron chi connectivity index (χ4n) is 1.48. The van der Waals surface area contributed by atoms with Crippen molar-refractivity contribution in [3.05, 3.63) is 0 Å². The first-order valence-corrected chi connectivity index (χ1v) is 6.19. The van der Waals surface area contributed by atoms with Gasteiger partial charge in [0.15, 0.2) is 0 Å². The maximum atomic E-state index is 11.0. The summed E-state index contributed by atoms with van der Waals surface area (Å²) in [7, 11) is 0. The second-order valence-electron chi connectivity index (χ2n) is 3.91. The van der Waals surface area contributed by atoms with Gasteiger partial charge in [-0.25, -0.2) is 0 Å². The van der Waals surface area contributed by atoms with Gasteiger partial charge >= 0.3 is 0 Å². The van der Waals surface area contributed by atoms with E-state index in [1.165, 1.54) is 0 Å². The summed E-state index contributed by atoms with van der Waals surface area (Å²) in [6.07, 6.45) is 0. The summed E-state index contributed by atoms with van der Waals surface area (Å²) in [6.45, 7) is 10.3. The number of hydrogen-bond donors (Lipinski definition) is 1. The van der Waals surface area contributed by atoms with Crippen LogP contribution in [0.2, 0.25) is 0 Å². The predicted molar refractivity (Wildman–Crippen MR) is 63.8 cm³/mol. The molecule has 3 nitrogen and oxygen atoms in total. The first-order valence-electron chi connectivity index (χ1n) is 5.07. The molecule has 0 fully saturated rings. The molecule has 84 valence electrons. The van der Waals surface area contributed by atoms with Crippen LogP contribution in [0.15, 0.2) is 0 Å². The van der Waals surface area contributed by atoms with Gasteiger partial charge in [0, 0.05) is 25.2 Å². The summed E-state index contributed by atoms with van der Waals surface area (Å²) in [5, 5.41) is 3.23. The topological polar surface area (TPSA) is 32.3 Å². The molecule has 14 heavy (non-hydrogen) atoms. The van der Waals surface area contributed by atoms with E-state index in [1.807, 2.05) is 0 Å². The number of hydrogen-bond acceptors (Lipinski definition) is 2. The zero-order valence-corrected chi connectivity index (χ0v) is 11.1. The van der Waals surface area contributed by atoms with Crippen LogP contribution in [0.5, 0.6) is 0 Å². The van der Waals surface area contributed by atoms with Crippen LogP contribution in [0.4, 0.5) is 0 Å². The largest absolute Gasteiger partial charge is 0.354 e. The van der Waals surface area contributed by atoms with E-state index in [9.17, 15) is 4.79 Å². The van der Waals surface area contributed by atoms with Crippen molar-refractivity contribution in [1.29, 1.82) is 0 Å². The summed E-state index contributed by atoms with van der Waals surface area (Å²) in [6, 6.07) is 1.05. The average molecular weight is 265 g/mol. The van der Waals surface area contributed by atoms with Crippen molar-refractivity contribution in [2.75, 3.05) is 18.4 Å². The number of alkyl halides is 1. The van der Waals surface area contributed by atoms with Crippen molar-refractivity contribution in [3.63, 3.8) is 0 Å². The second kappa shape index (κ2) is 7.23. The van der Waals surface area contributed by atoms with Crippen LogP contribution in [0.3, 0.4) is 0 Å². The van der Waals surface area contributed by atoms with Gasteiger partial charge in [-0.3, -0.25) is 9.69 Å². The van der Waals surface area contributed by atoms with E-state index >= 15 is 0 Å². The van der Waals surface area contributed by atoms with Crippen LogP contribution in [-0.2, 0) is 4.79 Å². The summed E-state index contributed by atoms with van der Waals surface area (Å²) >= 11 is 3.11. The van der Waals surface area contributed by atoms with Crippen molar-refractivity contribution in [3.8, 4) is 0 Å². The van der Waals surface area contributed by atoms with Crippen LogP contribution in [0, 0.1) is 0 Å². The van der Waals surface area contributed by atoms with E-state index in [0.29, 0.717) is 17.4 Å². The zero-order valence-electron chi connectivity index (χ0n) is 9.51. The van der Waals surface area contributed by atoms with Crippen LogP contribution in [0.25, 0.3) is 0 Å². The van der Waals surface area contributed by atoms with Gasteiger partial charge in [-0.05, 0) is 27.7 Å². The fraction of sp³-hybridized carbons (Fsp3) is 0.900. The highest BCUT2D eigenvalue weighted by Gasteiger charge is 2.12. The normalized spacial score (nSPS) is 11.4. The Morgan fingerprint density at radius 3 is 2.14 bits per heavy atom. The number of amides is 1. The Morgan fingerprint density at radius 2 is 1.79 bits per heavy atom. The highest BCUT2D eigenvalue weighted by atomic mass is 79.9. The van der Waals surface area contributed by atoms with Crippen LogP contribution < -0.4 is 5.32 Å². The molecule has 1 N–H and O–H groups in total. The van der Waals surface area contributed by atoms with Gasteiger partial charge in [0.25, 0.3) is 0 Å². The van der Waals surface area contributed by atoms with Crippen LogP contribution in [0.1, 0.15) is 27.7 Å². The van der Waals surface area contributed by atoms with Gasteiger partial charge in [0.05, 0.1) is 5.33 Å². The third kappa shape index (κ3) is 5.60. The van der Waals surface area contributed by atoms with Gasteiger partial charge < -0.3 is 5.32 Å². The van der Waals surface area contributed by atoms with Crippen molar-refractivity contribution < 1.29 is 4.79 Å². The monoisotopic (exact) mass is 264 g/mol. The molecule has 0 saturated heterocycles. The molecule has 0 aromatic heterocycles. The van der Waals surface area contributed by atoms with E-state index < -0.39 is 0 Å². The van der Waals surface area contributed by atoms with Gasteiger partial charge in [-0.1, -0.05) is 15.9 Å². The molecule has 0 heterocycles. The Labute approximate surface area is 95.4 Å². The highest BCUT2D eigenvalue weighted by molar-refractivity contribution is 9.09. The lowest BCUT2D eigenvalue weighted by Gasteiger charge is -2.30. The predicted octanol–water partition coefficient (Wildman–Crippen LogP) is 1.62. The summed E-state index contributed by atoms with van der Waals surface area (Å²) in [5.41, 5.74) is 0. The van der Waals surface area contributed by atoms with Crippen molar-refractivity contribution >= 4 is 21.8 Å². The minimum atomic E-state index is 0.0532. The van der Waals surface area contributed by atoms with Crippen molar-refractivity contribution in [1.82, 2.24) is 10.2 Å². The smallest absolute Gasteiger partial charge is 0.230 e. The van der Waals surface area contributed by atoms with E-state index in [1.54, 1.807) is 0 Å². The molecule has 1 amide bonds. The maximum absolute atomic E-state index is 11.0. The molecule has 0 atom stereocenters. The lowest BCUT2D eigenvalue weighted by Crippen LogP contribution is -2.42. The van der Waals surface area contributed by atoms with E-state index in [4.69, 9.17) is 0 Å². The van der Waals surface area contributed by atoms with Gasteiger partial charge in [-0.2, -0.15) is 0 Å². The van der Waals surface area contributed by atoms with Gasteiger partial charge in [-0.15, -0.1) is 0 Å². The minimum absolute atomic E-state index is 0.0532. The molecule has 4 heteroatoms. The Hall–Kier alpha value is -0.0900. The number of carbonyl (C=O) groups is 1. The average Bonchev–Trinajstić information content (AvgIpc) is 2.10. The molecule has 0 saturated carbocycles. The number of rotatable bonds is 6. The Morgan fingerprint density at radius 1 is 1.29 bits per heavy atom. The Kier molecular flexibility index (Phi) is 7.19. The minimum Gasteiger partial charge on any atom is -0.354 e. The maximum Gasteiger partial charge on any atom is 0.230 e. The molecule has 0 aliphatic carbocycles. The summed E-state index contributed by atoms with van der Waals surface area (Å²) < 4.78 is 0. The number of nitrogens with one attached hydrogen (secondary N) is 1. The standard InChI is InChI=1S/C10H21BrN2O/c1-8(2)13(9(3)4)6-5-12-10(14)7-11/h8-9H,5-7H2,1-4H3,(H,12,14). The Balaban J connectivity index is 3.78. The lowest BCUT2D eigenvalue weighted by atomic mass is 10.2. The molecule has 0 rings (SSSR count). The van der Waals surface area contributed by atoms with Gasteiger partial charge in [0.1, 0.15) is 0 Å². The quantitative estimate of drug-likeness (QED) is 0.740. The molecule has 0 radical (unpaired) electrons. The molecule has 0 aliphatic heterocycles. The second-order valence-corrected chi connectivity index (χ2v) is 4.47. The highest BCUT2D eigenvalue weighted by Crippen LogP contribution is 2.03. The summed E-state index contributed by atoms with van der Waals surface area (Å²) in [5.74, 6) is 0.0532. The first kappa shape index (κ1) is 13.9. The molecule has 0 aliphatic rings. The molecule has 0 spiro atoms. The molecular formula is C10H21BrN2O. The third-order valence-electron chi connectivity index (χ3n) is 2.14. The summed E-state index contributed by atoms with van der Waals surface area (Å²) in [4.78, 5) is 13.3.